The first-order valence-electron chi connectivity index (χ1n) is 12.9. The summed E-state index contributed by atoms with van der Waals surface area (Å²) in [4.78, 5) is 39.3. The van der Waals surface area contributed by atoms with Crippen LogP contribution < -0.4 is 14.8 Å². The fourth-order valence-corrected chi connectivity index (χ4v) is 4.08. The van der Waals surface area contributed by atoms with Crippen LogP contribution in [0.15, 0.2) is 72.8 Å². The van der Waals surface area contributed by atoms with Crippen LogP contribution in [0.25, 0.3) is 0 Å². The Morgan fingerprint density at radius 2 is 1.74 bits per heavy atom. The second-order valence-electron chi connectivity index (χ2n) is 9.24. The summed E-state index contributed by atoms with van der Waals surface area (Å²) in [5.41, 5.74) is 2.69. The van der Waals surface area contributed by atoms with Gasteiger partial charge in [-0.1, -0.05) is 73.5 Å². The van der Waals surface area contributed by atoms with E-state index in [-0.39, 0.29) is 42.2 Å². The fraction of sp³-hybridized carbons (Fsp3) is 0.333. The van der Waals surface area contributed by atoms with E-state index in [1.807, 2.05) is 68.4 Å². The number of nitrogens with one attached hydrogen (secondary N) is 1. The van der Waals surface area contributed by atoms with Gasteiger partial charge in [0, 0.05) is 31.6 Å². The third kappa shape index (κ3) is 8.56. The molecule has 0 spiro atoms. The second kappa shape index (κ2) is 14.5. The Morgan fingerprint density at radius 3 is 2.38 bits per heavy atom. The van der Waals surface area contributed by atoms with Gasteiger partial charge >= 0.3 is 5.69 Å². The van der Waals surface area contributed by atoms with E-state index in [0.717, 1.165) is 29.5 Å². The lowest BCUT2D eigenvalue weighted by Gasteiger charge is -2.31. The number of methoxy groups -OCH3 is 1. The number of hydrogen-bond donors (Lipinski definition) is 1. The highest BCUT2D eigenvalue weighted by Crippen LogP contribution is 2.30. The Kier molecular flexibility index (Phi) is 10.9. The van der Waals surface area contributed by atoms with Crippen molar-refractivity contribution in [3.05, 3.63) is 99.6 Å². The Hall–Kier alpha value is -4.40. The summed E-state index contributed by atoms with van der Waals surface area (Å²) in [5.74, 6) is -0.351. The fourth-order valence-electron chi connectivity index (χ4n) is 4.08. The molecule has 0 aliphatic rings. The lowest BCUT2D eigenvalue weighted by Crippen LogP contribution is -2.51. The predicted molar refractivity (Wildman–Crippen MR) is 149 cm³/mol. The number of carbonyl (C=O) groups is 2. The van der Waals surface area contributed by atoms with Crippen molar-refractivity contribution in [1.82, 2.24) is 10.2 Å². The quantitative estimate of drug-likeness (QED) is 0.180. The van der Waals surface area contributed by atoms with Crippen molar-refractivity contribution in [3.8, 4) is 11.5 Å². The molecule has 9 heteroatoms. The molecule has 9 nitrogen and oxygen atoms in total. The number of unbranched alkanes of at least 4 members (excludes halogenated alkanes) is 1. The highest BCUT2D eigenvalue weighted by Gasteiger charge is 2.30. The maximum absolute atomic E-state index is 13.7. The van der Waals surface area contributed by atoms with Crippen LogP contribution in [0, 0.1) is 17.0 Å². The number of nitro groups is 1. The Labute approximate surface area is 228 Å². The first kappa shape index (κ1) is 29.2. The molecule has 2 amide bonds. The summed E-state index contributed by atoms with van der Waals surface area (Å²) in [6.45, 7) is 4.40. The van der Waals surface area contributed by atoms with E-state index in [0.29, 0.717) is 13.0 Å². The first-order valence-corrected chi connectivity index (χ1v) is 12.9. The van der Waals surface area contributed by atoms with Gasteiger partial charge in [0.15, 0.2) is 6.61 Å². The number of ether oxygens (including phenoxy) is 2. The molecule has 3 aromatic rings. The maximum Gasteiger partial charge on any atom is 0.311 e. The predicted octanol–water partition coefficient (Wildman–Crippen LogP) is 4.85. The van der Waals surface area contributed by atoms with Crippen molar-refractivity contribution in [3.63, 3.8) is 0 Å². The highest BCUT2D eigenvalue weighted by molar-refractivity contribution is 5.88. The smallest absolute Gasteiger partial charge is 0.311 e. The standard InChI is InChI=1S/C30H35N3O6/c1-4-5-17-31-30(35)27(18-23-9-7-6-8-10-23)32(20-24-13-11-22(2)12-14-24)29(34)21-39-25-15-16-26(33(36)37)28(19-25)38-3/h6-16,19,27H,4-5,17-18,20-21H2,1-3H3,(H,31,35)/t27-/m0/s1. The Bertz CT molecular complexity index is 1250. The SMILES string of the molecule is CCCCNC(=O)[C@H](Cc1ccccc1)N(Cc1ccc(C)cc1)C(=O)COc1ccc([N+](=O)[O-])c(OC)c1. The van der Waals surface area contributed by atoms with Gasteiger partial charge < -0.3 is 19.7 Å². The van der Waals surface area contributed by atoms with Gasteiger partial charge in [-0.15, -0.1) is 0 Å². The van der Waals surface area contributed by atoms with Gasteiger partial charge in [0.1, 0.15) is 11.8 Å². The van der Waals surface area contributed by atoms with Crippen LogP contribution in [-0.2, 0) is 22.6 Å². The summed E-state index contributed by atoms with van der Waals surface area (Å²) in [5, 5.41) is 14.2. The number of hydrogen-bond acceptors (Lipinski definition) is 6. The van der Waals surface area contributed by atoms with E-state index in [1.165, 1.54) is 25.3 Å². The van der Waals surface area contributed by atoms with Gasteiger partial charge in [-0.25, -0.2) is 0 Å². The minimum absolute atomic E-state index is 0.0266. The zero-order valence-electron chi connectivity index (χ0n) is 22.6. The van der Waals surface area contributed by atoms with Crippen molar-refractivity contribution in [1.29, 1.82) is 0 Å². The average molecular weight is 534 g/mol. The highest BCUT2D eigenvalue weighted by atomic mass is 16.6. The molecule has 206 valence electrons. The van der Waals surface area contributed by atoms with Crippen LogP contribution in [0.3, 0.4) is 0 Å². The number of nitrogens with zero attached hydrogens (tertiary/aromatic N) is 2. The summed E-state index contributed by atoms with van der Waals surface area (Å²) in [6.07, 6.45) is 2.10. The topological polar surface area (TPSA) is 111 Å². The number of aryl methyl sites for hydroxylation is 1. The second-order valence-corrected chi connectivity index (χ2v) is 9.24. The van der Waals surface area contributed by atoms with E-state index < -0.39 is 11.0 Å². The molecule has 0 radical (unpaired) electrons. The van der Waals surface area contributed by atoms with Crippen LogP contribution in [-0.4, -0.2) is 47.9 Å². The molecule has 0 fully saturated rings. The number of rotatable bonds is 14. The summed E-state index contributed by atoms with van der Waals surface area (Å²) >= 11 is 0. The number of amides is 2. The van der Waals surface area contributed by atoms with E-state index >= 15 is 0 Å². The van der Waals surface area contributed by atoms with Crippen molar-refractivity contribution in [2.24, 2.45) is 0 Å². The number of nitro benzene ring substituents is 1. The van der Waals surface area contributed by atoms with E-state index in [2.05, 4.69) is 5.32 Å². The summed E-state index contributed by atoms with van der Waals surface area (Å²) < 4.78 is 10.8. The molecule has 0 aromatic heterocycles. The molecule has 0 saturated heterocycles. The molecule has 1 atom stereocenters. The van der Waals surface area contributed by atoms with E-state index in [4.69, 9.17) is 9.47 Å². The maximum atomic E-state index is 13.7. The van der Waals surface area contributed by atoms with Gasteiger partial charge in [-0.05, 0) is 30.5 Å². The number of benzene rings is 3. The zero-order valence-corrected chi connectivity index (χ0v) is 22.6. The Morgan fingerprint density at radius 1 is 1.03 bits per heavy atom. The third-order valence-corrected chi connectivity index (χ3v) is 6.28. The molecule has 3 aromatic carbocycles. The van der Waals surface area contributed by atoms with Gasteiger partial charge in [0.2, 0.25) is 11.7 Å². The van der Waals surface area contributed by atoms with Gasteiger partial charge in [0.05, 0.1) is 12.0 Å². The van der Waals surface area contributed by atoms with Crippen LogP contribution in [0.4, 0.5) is 5.69 Å². The minimum atomic E-state index is -0.770. The minimum Gasteiger partial charge on any atom is -0.490 e. The molecule has 0 heterocycles. The lowest BCUT2D eigenvalue weighted by atomic mass is 10.0. The van der Waals surface area contributed by atoms with Crippen LogP contribution in [0.1, 0.15) is 36.5 Å². The number of carbonyl (C=O) groups excluding carboxylic acids is 2. The normalized spacial score (nSPS) is 11.4. The molecule has 0 aliphatic carbocycles. The first-order chi connectivity index (χ1) is 18.8. The molecule has 3 rings (SSSR count). The zero-order chi connectivity index (χ0) is 28.2. The van der Waals surface area contributed by atoms with Crippen LogP contribution in [0.5, 0.6) is 11.5 Å². The van der Waals surface area contributed by atoms with Crippen molar-refractivity contribution < 1.29 is 24.0 Å². The van der Waals surface area contributed by atoms with Crippen molar-refractivity contribution in [2.75, 3.05) is 20.3 Å². The molecular formula is C30H35N3O6. The van der Waals surface area contributed by atoms with Gasteiger partial charge in [-0.3, -0.25) is 19.7 Å². The molecule has 0 saturated carbocycles. The van der Waals surface area contributed by atoms with E-state index in [9.17, 15) is 19.7 Å². The molecule has 0 unspecified atom stereocenters. The molecule has 0 aliphatic heterocycles. The van der Waals surface area contributed by atoms with Gasteiger partial charge in [0.25, 0.3) is 5.91 Å². The van der Waals surface area contributed by atoms with Crippen LogP contribution in [0.2, 0.25) is 0 Å². The van der Waals surface area contributed by atoms with Gasteiger partial charge in [-0.2, -0.15) is 0 Å². The van der Waals surface area contributed by atoms with Crippen LogP contribution >= 0.6 is 0 Å². The largest absolute Gasteiger partial charge is 0.490 e. The molecule has 39 heavy (non-hydrogen) atoms. The molecule has 0 bridgehead atoms. The Balaban J connectivity index is 1.89. The lowest BCUT2D eigenvalue weighted by molar-refractivity contribution is -0.385. The third-order valence-electron chi connectivity index (χ3n) is 6.28. The average Bonchev–Trinajstić information content (AvgIpc) is 2.94. The molecule has 1 N–H and O–H groups in total. The molecular weight excluding hydrogens is 498 g/mol. The summed E-state index contributed by atoms with van der Waals surface area (Å²) in [7, 11) is 1.33. The monoisotopic (exact) mass is 533 g/mol. The van der Waals surface area contributed by atoms with Crippen molar-refractivity contribution in [2.45, 2.75) is 45.7 Å². The van der Waals surface area contributed by atoms with E-state index in [1.54, 1.807) is 4.90 Å². The summed E-state index contributed by atoms with van der Waals surface area (Å²) in [6, 6.07) is 20.6. The van der Waals surface area contributed by atoms with Crippen molar-refractivity contribution >= 4 is 17.5 Å².